The molecule has 2 aromatic rings. The highest BCUT2D eigenvalue weighted by Gasteiger charge is 2.07. The maximum Gasteiger partial charge on any atom is 0.407 e. The van der Waals surface area contributed by atoms with Crippen LogP contribution in [0.25, 0.3) is 0 Å². The van der Waals surface area contributed by atoms with Crippen LogP contribution in [-0.4, -0.2) is 14.5 Å². The van der Waals surface area contributed by atoms with E-state index in [1.54, 1.807) is 24.3 Å². The zero-order valence-corrected chi connectivity index (χ0v) is 13.8. The number of carbonyl (C=O) groups is 1. The van der Waals surface area contributed by atoms with E-state index in [0.29, 0.717) is 12.1 Å². The molecule has 0 aliphatic rings. The van der Waals surface area contributed by atoms with E-state index in [4.69, 9.17) is 15.4 Å². The van der Waals surface area contributed by atoms with Crippen LogP contribution in [0.3, 0.4) is 0 Å². The van der Waals surface area contributed by atoms with Gasteiger partial charge < -0.3 is 10.1 Å². The zero-order chi connectivity index (χ0) is 16.7. The Morgan fingerprint density at radius 3 is 2.17 bits per heavy atom. The van der Waals surface area contributed by atoms with Crippen molar-refractivity contribution in [1.29, 1.82) is 0 Å². The van der Waals surface area contributed by atoms with Crippen molar-refractivity contribution in [2.24, 2.45) is 0 Å². The number of hydrogen-bond donors (Lipinski definition) is 1. The molecular weight excluding hydrogens is 338 g/mol. The quantitative estimate of drug-likeness (QED) is 0.809. The molecule has 0 saturated carbocycles. The Labute approximate surface area is 139 Å². The molecule has 23 heavy (non-hydrogen) atoms. The highest BCUT2D eigenvalue weighted by Crippen LogP contribution is 2.11. The van der Waals surface area contributed by atoms with Gasteiger partial charge in [-0.25, -0.2) is 13.2 Å². The number of benzene rings is 2. The van der Waals surface area contributed by atoms with Crippen LogP contribution in [0.1, 0.15) is 16.7 Å². The Morgan fingerprint density at radius 2 is 1.57 bits per heavy atom. The minimum absolute atomic E-state index is 0.208. The molecule has 7 heteroatoms. The number of amides is 1. The van der Waals surface area contributed by atoms with E-state index in [9.17, 15) is 13.2 Å². The summed E-state index contributed by atoms with van der Waals surface area (Å²) < 4.78 is 27.1. The molecule has 0 radical (unpaired) electrons. The van der Waals surface area contributed by atoms with Crippen molar-refractivity contribution >= 4 is 25.8 Å². The van der Waals surface area contributed by atoms with Gasteiger partial charge in [-0.1, -0.05) is 54.6 Å². The van der Waals surface area contributed by atoms with E-state index in [2.05, 4.69) is 5.32 Å². The molecule has 1 N–H and O–H groups in total. The predicted molar refractivity (Wildman–Crippen MR) is 88.4 cm³/mol. The first-order valence-electron chi connectivity index (χ1n) is 6.87. The number of ether oxygens (including phenoxy) is 1. The van der Waals surface area contributed by atoms with Crippen LogP contribution < -0.4 is 5.32 Å². The van der Waals surface area contributed by atoms with Crippen molar-refractivity contribution in [3.05, 3.63) is 71.3 Å². The van der Waals surface area contributed by atoms with Gasteiger partial charge in [0, 0.05) is 17.2 Å². The summed E-state index contributed by atoms with van der Waals surface area (Å²) in [5, 5.41) is 2.63. The van der Waals surface area contributed by atoms with Gasteiger partial charge in [-0.2, -0.15) is 0 Å². The lowest BCUT2D eigenvalue weighted by Gasteiger charge is -2.07. The van der Waals surface area contributed by atoms with Gasteiger partial charge in [0.25, 0.3) is 0 Å². The number of rotatable bonds is 6. The second kappa shape index (κ2) is 7.99. The molecule has 2 aromatic carbocycles. The van der Waals surface area contributed by atoms with Crippen LogP contribution in [0.5, 0.6) is 0 Å². The minimum Gasteiger partial charge on any atom is -0.445 e. The fourth-order valence-electron chi connectivity index (χ4n) is 1.90. The number of halogens is 1. The number of carbonyl (C=O) groups excluding carboxylic acids is 1. The van der Waals surface area contributed by atoms with E-state index < -0.39 is 15.1 Å². The van der Waals surface area contributed by atoms with Crippen molar-refractivity contribution in [3.8, 4) is 0 Å². The van der Waals surface area contributed by atoms with Crippen LogP contribution in [0, 0.1) is 0 Å². The molecule has 0 aromatic heterocycles. The lowest BCUT2D eigenvalue weighted by Crippen LogP contribution is -2.23. The molecular formula is C16H16ClNO4S. The molecule has 0 bridgehead atoms. The number of hydrogen-bond acceptors (Lipinski definition) is 4. The standard InChI is InChI=1S/C16H16ClNO4S/c17-23(20,21)12-15-8-6-13(7-9-15)10-18-16(19)22-11-14-4-2-1-3-5-14/h1-9H,10-12H2,(H,18,19). The van der Waals surface area contributed by atoms with E-state index in [1.807, 2.05) is 30.3 Å². The molecule has 0 spiro atoms. The van der Waals surface area contributed by atoms with Gasteiger partial charge in [-0.3, -0.25) is 0 Å². The summed E-state index contributed by atoms with van der Waals surface area (Å²) in [4.78, 5) is 11.6. The average molecular weight is 354 g/mol. The summed E-state index contributed by atoms with van der Waals surface area (Å²) >= 11 is 0. The third-order valence-electron chi connectivity index (χ3n) is 3.01. The monoisotopic (exact) mass is 353 g/mol. The van der Waals surface area contributed by atoms with E-state index >= 15 is 0 Å². The van der Waals surface area contributed by atoms with E-state index in [0.717, 1.165) is 11.1 Å². The molecule has 0 aliphatic heterocycles. The van der Waals surface area contributed by atoms with Crippen molar-refractivity contribution in [3.63, 3.8) is 0 Å². The normalized spacial score (nSPS) is 11.0. The number of alkyl carbamates (subject to hydrolysis) is 1. The fraction of sp³-hybridized carbons (Fsp3) is 0.188. The fourth-order valence-corrected chi connectivity index (χ4v) is 2.87. The lowest BCUT2D eigenvalue weighted by atomic mass is 10.1. The highest BCUT2D eigenvalue weighted by atomic mass is 35.7. The molecule has 0 unspecified atom stereocenters. The summed E-state index contributed by atoms with van der Waals surface area (Å²) in [5.74, 6) is -0.221. The molecule has 5 nitrogen and oxygen atoms in total. The molecule has 0 heterocycles. The molecule has 1 amide bonds. The summed E-state index contributed by atoms with van der Waals surface area (Å²) in [7, 11) is 1.63. The zero-order valence-electron chi connectivity index (χ0n) is 12.2. The van der Waals surface area contributed by atoms with Gasteiger partial charge >= 0.3 is 6.09 Å². The van der Waals surface area contributed by atoms with Gasteiger partial charge in [0.2, 0.25) is 9.05 Å². The van der Waals surface area contributed by atoms with Gasteiger partial charge in [0.05, 0.1) is 5.75 Å². The first kappa shape index (κ1) is 17.3. The molecule has 0 aliphatic carbocycles. The van der Waals surface area contributed by atoms with Crippen LogP contribution in [0.2, 0.25) is 0 Å². The van der Waals surface area contributed by atoms with Crippen LogP contribution in [0.4, 0.5) is 4.79 Å². The molecule has 2 rings (SSSR count). The third-order valence-corrected chi connectivity index (χ3v) is 4.02. The maximum absolute atomic E-state index is 11.6. The van der Waals surface area contributed by atoms with Crippen molar-refractivity contribution in [2.75, 3.05) is 0 Å². The van der Waals surface area contributed by atoms with Gasteiger partial charge in [0.1, 0.15) is 6.61 Å². The first-order chi connectivity index (χ1) is 10.9. The SMILES string of the molecule is O=C(NCc1ccc(CS(=O)(=O)Cl)cc1)OCc1ccccc1. The molecule has 0 atom stereocenters. The van der Waals surface area contributed by atoms with Gasteiger partial charge in [0.15, 0.2) is 0 Å². The van der Waals surface area contributed by atoms with Crippen LogP contribution in [0.15, 0.2) is 54.6 Å². The largest absolute Gasteiger partial charge is 0.445 e. The second-order valence-electron chi connectivity index (χ2n) is 4.91. The topological polar surface area (TPSA) is 72.5 Å². The second-order valence-corrected chi connectivity index (χ2v) is 7.69. The van der Waals surface area contributed by atoms with E-state index in [1.165, 1.54) is 0 Å². The smallest absolute Gasteiger partial charge is 0.407 e. The minimum atomic E-state index is -3.57. The van der Waals surface area contributed by atoms with Crippen LogP contribution >= 0.6 is 10.7 Å². The Morgan fingerprint density at radius 1 is 0.957 bits per heavy atom. The Hall–Kier alpha value is -2.05. The number of nitrogens with one attached hydrogen (secondary N) is 1. The Balaban J connectivity index is 1.78. The van der Waals surface area contributed by atoms with Gasteiger partial charge in [-0.05, 0) is 16.7 Å². The molecule has 122 valence electrons. The Bertz CT molecular complexity index is 745. The molecule has 0 saturated heterocycles. The maximum atomic E-state index is 11.6. The summed E-state index contributed by atoms with van der Waals surface area (Å²) in [6.07, 6.45) is -0.513. The Kier molecular flexibility index (Phi) is 6.01. The third kappa shape index (κ3) is 6.71. The predicted octanol–water partition coefficient (Wildman–Crippen LogP) is 3.18. The average Bonchev–Trinajstić information content (AvgIpc) is 2.52. The summed E-state index contributed by atoms with van der Waals surface area (Å²) in [6.45, 7) is 0.501. The van der Waals surface area contributed by atoms with Crippen molar-refractivity contribution in [2.45, 2.75) is 18.9 Å². The van der Waals surface area contributed by atoms with Gasteiger partial charge in [-0.15, -0.1) is 0 Å². The summed E-state index contributed by atoms with van der Waals surface area (Å²) in [6, 6.07) is 16.2. The van der Waals surface area contributed by atoms with Crippen LogP contribution in [-0.2, 0) is 32.7 Å². The highest BCUT2D eigenvalue weighted by molar-refractivity contribution is 8.13. The molecule has 0 fully saturated rings. The summed E-state index contributed by atoms with van der Waals surface area (Å²) in [5.41, 5.74) is 2.34. The van der Waals surface area contributed by atoms with Crippen molar-refractivity contribution in [1.82, 2.24) is 5.32 Å². The van der Waals surface area contributed by atoms with E-state index in [-0.39, 0.29) is 12.4 Å². The first-order valence-corrected chi connectivity index (χ1v) is 9.35. The lowest BCUT2D eigenvalue weighted by molar-refractivity contribution is 0.139. The van der Waals surface area contributed by atoms with Crippen molar-refractivity contribution < 1.29 is 17.9 Å².